The van der Waals surface area contributed by atoms with Crippen LogP contribution in [0.4, 0.5) is 4.39 Å². The first kappa shape index (κ1) is 24.8. The molecule has 0 saturated carbocycles. The van der Waals surface area contributed by atoms with Crippen molar-refractivity contribution < 1.29 is 23.8 Å². The number of hydrogen-bond acceptors (Lipinski definition) is 3. The minimum Gasteiger partial charge on any atom is -0.497 e. The summed E-state index contributed by atoms with van der Waals surface area (Å²) in [5, 5.41) is 9.47. The Morgan fingerprint density at radius 1 is 1.06 bits per heavy atom. The molecule has 4 nitrogen and oxygen atoms in total. The summed E-state index contributed by atoms with van der Waals surface area (Å²) >= 11 is 0. The van der Waals surface area contributed by atoms with Crippen LogP contribution in [0.1, 0.15) is 62.3 Å². The summed E-state index contributed by atoms with van der Waals surface area (Å²) in [5.41, 5.74) is 5.42. The number of benzene rings is 3. The Morgan fingerprint density at radius 3 is 2.49 bits per heavy atom. The monoisotopic (exact) mass is 476 g/mol. The number of methoxy groups -OCH3 is 1. The molecule has 1 unspecified atom stereocenters. The molecule has 1 aliphatic carbocycles. The lowest BCUT2D eigenvalue weighted by molar-refractivity contribution is -0.141. The summed E-state index contributed by atoms with van der Waals surface area (Å²) in [5.74, 6) is -0.129. The molecule has 0 saturated heterocycles. The summed E-state index contributed by atoms with van der Waals surface area (Å²) in [6.07, 6.45) is 1.75. The Kier molecular flexibility index (Phi) is 6.88. The van der Waals surface area contributed by atoms with Gasteiger partial charge in [-0.15, -0.1) is 0 Å². The Morgan fingerprint density at radius 2 is 1.80 bits per heavy atom. The number of carboxylic acids is 1. The Labute approximate surface area is 206 Å². The van der Waals surface area contributed by atoms with Crippen molar-refractivity contribution >= 4 is 5.97 Å². The molecule has 3 aromatic rings. The number of carbonyl (C=O) groups is 1. The Balaban J connectivity index is 1.60. The van der Waals surface area contributed by atoms with E-state index in [9.17, 15) is 14.3 Å². The molecule has 1 aliphatic rings. The normalized spacial score (nSPS) is 16.0. The molecule has 0 spiro atoms. The van der Waals surface area contributed by atoms with Gasteiger partial charge in [0, 0.05) is 5.56 Å². The molecular weight excluding hydrogens is 443 g/mol. The van der Waals surface area contributed by atoms with Crippen LogP contribution >= 0.6 is 0 Å². The van der Waals surface area contributed by atoms with Crippen molar-refractivity contribution in [2.24, 2.45) is 5.92 Å². The molecule has 0 aliphatic heterocycles. The molecule has 1 N–H and O–H groups in total. The van der Waals surface area contributed by atoms with Crippen molar-refractivity contribution in [2.45, 2.75) is 58.5 Å². The van der Waals surface area contributed by atoms with Gasteiger partial charge in [0.1, 0.15) is 23.9 Å². The van der Waals surface area contributed by atoms with Gasteiger partial charge < -0.3 is 14.6 Å². The molecule has 0 fully saturated rings. The number of fused-ring (bicyclic) bond motifs is 1. The van der Waals surface area contributed by atoms with E-state index in [-0.39, 0.29) is 17.2 Å². The Hall–Kier alpha value is -3.34. The number of aryl methyl sites for hydroxylation is 1. The third-order valence-corrected chi connectivity index (χ3v) is 7.00. The number of halogens is 1. The number of carboxylic acid groups (broad SMARTS) is 1. The zero-order valence-corrected chi connectivity index (χ0v) is 21.0. The highest BCUT2D eigenvalue weighted by molar-refractivity contribution is 5.72. The molecule has 2 atom stereocenters. The van der Waals surface area contributed by atoms with Gasteiger partial charge in [-0.2, -0.15) is 0 Å². The SMILES string of the molecule is COc1ccc(F)c(-c2ccc(COc3ccc4c(c3)[C@H](C(C)C(=O)O)CC4)cc2C(C)(C)C)c1. The van der Waals surface area contributed by atoms with E-state index in [2.05, 4.69) is 32.9 Å². The third kappa shape index (κ3) is 5.19. The average molecular weight is 477 g/mol. The first-order valence-corrected chi connectivity index (χ1v) is 12.0. The van der Waals surface area contributed by atoms with E-state index >= 15 is 0 Å². The maximum absolute atomic E-state index is 14.8. The van der Waals surface area contributed by atoms with Crippen LogP contribution in [0.25, 0.3) is 11.1 Å². The molecule has 0 bridgehead atoms. The number of aliphatic carboxylic acids is 1. The van der Waals surface area contributed by atoms with Gasteiger partial charge in [-0.1, -0.05) is 52.0 Å². The molecule has 0 aromatic heterocycles. The lowest BCUT2D eigenvalue weighted by atomic mass is 9.81. The molecule has 184 valence electrons. The van der Waals surface area contributed by atoms with Gasteiger partial charge in [0.15, 0.2) is 0 Å². The van der Waals surface area contributed by atoms with Gasteiger partial charge >= 0.3 is 5.97 Å². The number of rotatable bonds is 7. The minimum atomic E-state index is -0.767. The zero-order valence-electron chi connectivity index (χ0n) is 21.0. The maximum atomic E-state index is 14.8. The predicted octanol–water partition coefficient (Wildman–Crippen LogP) is 7.13. The lowest BCUT2D eigenvalue weighted by Gasteiger charge is -2.25. The van der Waals surface area contributed by atoms with Crippen LogP contribution in [0, 0.1) is 11.7 Å². The van der Waals surface area contributed by atoms with E-state index in [0.29, 0.717) is 17.9 Å². The van der Waals surface area contributed by atoms with E-state index < -0.39 is 11.9 Å². The van der Waals surface area contributed by atoms with Crippen LogP contribution in [0.15, 0.2) is 54.6 Å². The second-order valence-corrected chi connectivity index (χ2v) is 10.4. The van der Waals surface area contributed by atoms with E-state index in [0.717, 1.165) is 40.8 Å². The smallest absolute Gasteiger partial charge is 0.306 e. The van der Waals surface area contributed by atoms with Crippen molar-refractivity contribution in [1.82, 2.24) is 0 Å². The van der Waals surface area contributed by atoms with Gasteiger partial charge in [-0.3, -0.25) is 4.79 Å². The molecule has 4 rings (SSSR count). The summed E-state index contributed by atoms with van der Waals surface area (Å²) in [6.45, 7) is 8.47. The summed E-state index contributed by atoms with van der Waals surface area (Å²) < 4.78 is 26.2. The van der Waals surface area contributed by atoms with Crippen molar-refractivity contribution in [3.05, 3.63) is 82.7 Å². The summed E-state index contributed by atoms with van der Waals surface area (Å²) in [6, 6.07) is 16.8. The first-order chi connectivity index (χ1) is 16.6. The highest BCUT2D eigenvalue weighted by Crippen LogP contribution is 2.41. The Bertz CT molecular complexity index is 1240. The standard InChI is InChI=1S/C30H33FO4/c1-18(29(32)33)23-12-8-20-7-9-22(16-25(20)23)35-17-19-6-11-24(27(14-19)30(2,3)4)26-15-21(34-5)10-13-28(26)31/h6-7,9-11,13-16,18,23H,8,12,17H2,1-5H3,(H,32,33)/t18?,23-/m0/s1. The quantitative estimate of drug-likeness (QED) is 0.394. The van der Waals surface area contributed by atoms with Crippen LogP contribution in [-0.2, 0) is 23.2 Å². The molecule has 0 amide bonds. The second kappa shape index (κ2) is 9.73. The highest BCUT2D eigenvalue weighted by atomic mass is 19.1. The van der Waals surface area contributed by atoms with Crippen LogP contribution < -0.4 is 9.47 Å². The molecule has 3 aromatic carbocycles. The van der Waals surface area contributed by atoms with Crippen molar-refractivity contribution in [2.75, 3.05) is 7.11 Å². The van der Waals surface area contributed by atoms with Crippen LogP contribution in [-0.4, -0.2) is 18.2 Å². The topological polar surface area (TPSA) is 55.8 Å². The van der Waals surface area contributed by atoms with Crippen molar-refractivity contribution in [3.63, 3.8) is 0 Å². The fourth-order valence-corrected chi connectivity index (χ4v) is 4.93. The number of hydrogen-bond donors (Lipinski definition) is 1. The first-order valence-electron chi connectivity index (χ1n) is 12.0. The second-order valence-electron chi connectivity index (χ2n) is 10.4. The average Bonchev–Trinajstić information content (AvgIpc) is 3.25. The van der Waals surface area contributed by atoms with Gasteiger partial charge in [0.05, 0.1) is 13.0 Å². The molecule has 0 heterocycles. The van der Waals surface area contributed by atoms with E-state index in [1.54, 1.807) is 26.2 Å². The predicted molar refractivity (Wildman–Crippen MR) is 136 cm³/mol. The third-order valence-electron chi connectivity index (χ3n) is 7.00. The highest BCUT2D eigenvalue weighted by Gasteiger charge is 2.31. The van der Waals surface area contributed by atoms with Crippen LogP contribution in [0.5, 0.6) is 11.5 Å². The van der Waals surface area contributed by atoms with Crippen LogP contribution in [0.3, 0.4) is 0 Å². The summed E-state index contributed by atoms with van der Waals surface area (Å²) in [4.78, 5) is 11.5. The van der Waals surface area contributed by atoms with Gasteiger partial charge in [-0.05, 0) is 82.3 Å². The largest absolute Gasteiger partial charge is 0.497 e. The minimum absolute atomic E-state index is 0.00980. The van der Waals surface area contributed by atoms with Gasteiger partial charge in [0.25, 0.3) is 0 Å². The fraction of sp³-hybridized carbons (Fsp3) is 0.367. The van der Waals surface area contributed by atoms with Crippen molar-refractivity contribution in [3.8, 4) is 22.6 Å². The lowest BCUT2D eigenvalue weighted by Crippen LogP contribution is -2.17. The molecule has 35 heavy (non-hydrogen) atoms. The van der Waals surface area contributed by atoms with E-state index in [1.807, 2.05) is 24.3 Å². The van der Waals surface area contributed by atoms with Gasteiger partial charge in [0.2, 0.25) is 0 Å². The van der Waals surface area contributed by atoms with E-state index in [1.165, 1.54) is 11.6 Å². The van der Waals surface area contributed by atoms with Gasteiger partial charge in [-0.25, -0.2) is 4.39 Å². The molecule has 5 heteroatoms. The zero-order chi connectivity index (χ0) is 25.3. The van der Waals surface area contributed by atoms with Crippen LogP contribution in [0.2, 0.25) is 0 Å². The maximum Gasteiger partial charge on any atom is 0.306 e. The number of ether oxygens (including phenoxy) is 2. The fourth-order valence-electron chi connectivity index (χ4n) is 4.93. The summed E-state index contributed by atoms with van der Waals surface area (Å²) in [7, 11) is 1.58. The van der Waals surface area contributed by atoms with Crippen molar-refractivity contribution in [1.29, 1.82) is 0 Å². The van der Waals surface area contributed by atoms with E-state index in [4.69, 9.17) is 9.47 Å². The molecule has 0 radical (unpaired) electrons. The molecular formula is C30H33FO4.